The van der Waals surface area contributed by atoms with Crippen LogP contribution in [-0.2, 0) is 23.2 Å². The minimum absolute atomic E-state index is 0.0921. The van der Waals surface area contributed by atoms with Crippen LogP contribution in [0.1, 0.15) is 86.8 Å². The van der Waals surface area contributed by atoms with Crippen LogP contribution in [0.5, 0.6) is 5.88 Å². The Labute approximate surface area is 365 Å². The molecule has 1 N–H and O–H groups in total. The number of imidazole rings is 1. The minimum Gasteiger partial charge on any atom is -0.480 e. The van der Waals surface area contributed by atoms with Gasteiger partial charge in [0.15, 0.2) is 5.69 Å². The first-order chi connectivity index (χ1) is 29.7. The van der Waals surface area contributed by atoms with Gasteiger partial charge in [-0.1, -0.05) is 35.3 Å². The average Bonchev–Trinajstić information content (AvgIpc) is 3.90. The van der Waals surface area contributed by atoms with E-state index in [1.807, 2.05) is 30.5 Å². The summed E-state index contributed by atoms with van der Waals surface area (Å²) < 4.78 is 8.98. The summed E-state index contributed by atoms with van der Waals surface area (Å²) in [7, 11) is 3.04. The highest BCUT2D eigenvalue weighted by molar-refractivity contribution is 6.31. The number of halogens is 2. The number of aromatic nitrogens is 4. The molecule has 7 heterocycles. The second-order valence-corrected chi connectivity index (χ2v) is 16.9. The lowest BCUT2D eigenvalue weighted by molar-refractivity contribution is -0.136. The molecular formula is C44H41Cl2N9O7. The normalized spacial score (nSPS) is 18.8. The summed E-state index contributed by atoms with van der Waals surface area (Å²) in [5.74, 6) is -1.19. The number of fused-ring (bicyclic) bond motifs is 2. The van der Waals surface area contributed by atoms with Crippen molar-refractivity contribution in [2.75, 3.05) is 43.1 Å². The first-order valence-corrected chi connectivity index (χ1v) is 20.9. The highest BCUT2D eigenvalue weighted by atomic mass is 35.5. The van der Waals surface area contributed by atoms with Crippen LogP contribution in [0.15, 0.2) is 71.8 Å². The molecule has 0 spiro atoms. The van der Waals surface area contributed by atoms with E-state index in [0.717, 1.165) is 11.3 Å². The number of carbonyl (C=O) groups excluding carboxylic acids is 5. The van der Waals surface area contributed by atoms with Crippen LogP contribution in [0.25, 0.3) is 11.4 Å². The molecule has 9 rings (SSSR count). The summed E-state index contributed by atoms with van der Waals surface area (Å²) in [4.78, 5) is 96.1. The van der Waals surface area contributed by atoms with Crippen LogP contribution in [-0.4, -0.2) is 97.8 Å². The van der Waals surface area contributed by atoms with Gasteiger partial charge < -0.3 is 28.6 Å². The van der Waals surface area contributed by atoms with Crippen LogP contribution in [0, 0.1) is 0 Å². The number of anilines is 2. The van der Waals surface area contributed by atoms with Gasteiger partial charge in [0.2, 0.25) is 17.7 Å². The van der Waals surface area contributed by atoms with E-state index in [9.17, 15) is 28.8 Å². The van der Waals surface area contributed by atoms with Crippen LogP contribution in [0.2, 0.25) is 10.0 Å². The van der Waals surface area contributed by atoms with Crippen molar-refractivity contribution in [3.8, 4) is 17.3 Å². The van der Waals surface area contributed by atoms with E-state index in [0.29, 0.717) is 71.4 Å². The second kappa shape index (κ2) is 15.7. The number of nitrogens with zero attached hydrogens (tertiary/aromatic N) is 8. The average molecular weight is 879 g/mol. The van der Waals surface area contributed by atoms with Crippen molar-refractivity contribution in [2.45, 2.75) is 51.4 Å². The predicted octanol–water partition coefficient (Wildman–Crippen LogP) is 5.01. The van der Waals surface area contributed by atoms with Gasteiger partial charge in [0.25, 0.3) is 23.3 Å². The Morgan fingerprint density at radius 1 is 0.903 bits per heavy atom. The Morgan fingerprint density at radius 3 is 2.34 bits per heavy atom. The first-order valence-electron chi connectivity index (χ1n) is 20.2. The third-order valence-electron chi connectivity index (χ3n) is 12.0. The highest BCUT2D eigenvalue weighted by Crippen LogP contribution is 2.45. The first kappa shape index (κ1) is 40.9. The van der Waals surface area contributed by atoms with Crippen molar-refractivity contribution in [3.05, 3.63) is 121 Å². The molecule has 4 aliphatic heterocycles. The molecule has 2 aromatic carbocycles. The molecule has 318 valence electrons. The van der Waals surface area contributed by atoms with E-state index in [-0.39, 0.29) is 59.0 Å². The fourth-order valence-corrected chi connectivity index (χ4v) is 9.33. The van der Waals surface area contributed by atoms with Crippen molar-refractivity contribution in [1.29, 1.82) is 0 Å². The molecule has 62 heavy (non-hydrogen) atoms. The van der Waals surface area contributed by atoms with E-state index in [1.54, 1.807) is 48.3 Å². The molecule has 2 atom stereocenters. The molecular weight excluding hydrogens is 837 g/mol. The number of hydrogen-bond donors (Lipinski definition) is 1. The Kier molecular flexibility index (Phi) is 10.4. The molecule has 16 nitrogen and oxygen atoms in total. The largest absolute Gasteiger partial charge is 0.480 e. The van der Waals surface area contributed by atoms with Crippen LogP contribution < -0.4 is 25.4 Å². The zero-order valence-electron chi connectivity index (χ0n) is 34.2. The number of methoxy groups -OCH3 is 1. The lowest BCUT2D eigenvalue weighted by Crippen LogP contribution is -2.52. The zero-order valence-corrected chi connectivity index (χ0v) is 35.7. The maximum atomic E-state index is 14.6. The van der Waals surface area contributed by atoms with Crippen LogP contribution >= 0.6 is 23.2 Å². The number of carbonyl (C=O) groups is 5. The maximum Gasteiger partial charge on any atom is 0.279 e. The number of nitrogens with one attached hydrogen (secondary N) is 1. The second-order valence-electron chi connectivity index (χ2n) is 16.0. The van der Waals surface area contributed by atoms with Crippen LogP contribution in [0.4, 0.5) is 11.4 Å². The molecule has 3 aromatic heterocycles. The lowest BCUT2D eigenvalue weighted by Gasteiger charge is -2.36. The zero-order chi connectivity index (χ0) is 43.7. The summed E-state index contributed by atoms with van der Waals surface area (Å²) in [6, 6.07) is 14.1. The number of rotatable bonds is 8. The molecule has 5 amide bonds. The SMILES string of the molecule is COc1ncc(C(=O)N2CCN(c3ccc4c(c3)CN(C3CCC(=O)NC3=O)C4=O)CC2)cc1-c1nc2c(n1C(C)C)[C@H](c1ccc(Cl)cc1)N(c1cc(Cl)cn(C)c1=O)C2=O. The summed E-state index contributed by atoms with van der Waals surface area (Å²) in [5.41, 5.74) is 3.99. The van der Waals surface area contributed by atoms with Crippen molar-refractivity contribution < 1.29 is 28.7 Å². The Balaban J connectivity index is 0.990. The van der Waals surface area contributed by atoms with Crippen molar-refractivity contribution in [2.24, 2.45) is 7.05 Å². The van der Waals surface area contributed by atoms with E-state index in [2.05, 4.69) is 15.2 Å². The standard InChI is InChI=1S/C44H41Cl2N9O7/c1-23(2)54-37-35(44(61)55(33-19-28(46)22-50(3)43(33)60)36(37)24-5-7-27(45)8-6-24)49-38(54)31-18-25(20-47-40(31)62-4)41(58)52-15-13-51(14-16-52)29-9-10-30-26(17-29)21-53(42(30)59)32-11-12-34(56)48-39(32)57/h5-10,17-20,22-23,32,36H,11-16,21H2,1-4H3,(H,48,56,57)/t32?,36-/m0/s1. The Hall–Kier alpha value is -6.52. The minimum atomic E-state index is -0.792. The number of hydrogen-bond acceptors (Lipinski definition) is 10. The number of piperidine rings is 1. The molecule has 4 aliphatic rings. The molecule has 0 radical (unpaired) electrons. The molecule has 1 unspecified atom stereocenters. The summed E-state index contributed by atoms with van der Waals surface area (Å²) in [5, 5.41) is 3.12. The Bertz CT molecular complexity index is 2780. The molecule has 0 aliphatic carbocycles. The summed E-state index contributed by atoms with van der Waals surface area (Å²) in [6.07, 6.45) is 3.43. The third-order valence-corrected chi connectivity index (χ3v) is 12.4. The predicted molar refractivity (Wildman–Crippen MR) is 230 cm³/mol. The van der Waals surface area contributed by atoms with Crippen LogP contribution in [0.3, 0.4) is 0 Å². The fourth-order valence-electron chi connectivity index (χ4n) is 8.96. The van der Waals surface area contributed by atoms with Gasteiger partial charge in [-0.2, -0.15) is 0 Å². The fraction of sp³-hybridized carbons (Fsp3) is 0.318. The van der Waals surface area contributed by atoms with Gasteiger partial charge in [0.1, 0.15) is 23.6 Å². The van der Waals surface area contributed by atoms with E-state index in [4.69, 9.17) is 32.9 Å². The van der Waals surface area contributed by atoms with Gasteiger partial charge in [0, 0.05) is 80.9 Å². The van der Waals surface area contributed by atoms with E-state index >= 15 is 0 Å². The molecule has 0 saturated carbocycles. The van der Waals surface area contributed by atoms with E-state index in [1.165, 1.54) is 39.9 Å². The van der Waals surface area contributed by atoms with Gasteiger partial charge in [-0.15, -0.1) is 0 Å². The monoisotopic (exact) mass is 877 g/mol. The third kappa shape index (κ3) is 6.86. The molecule has 5 aromatic rings. The van der Waals surface area contributed by atoms with Gasteiger partial charge in [-0.05, 0) is 73.9 Å². The van der Waals surface area contributed by atoms with Gasteiger partial charge in [-0.3, -0.25) is 39.0 Å². The molecule has 0 bridgehead atoms. The lowest BCUT2D eigenvalue weighted by atomic mass is 10.0. The number of imide groups is 1. The number of pyridine rings is 2. The van der Waals surface area contributed by atoms with Crippen molar-refractivity contribution in [1.82, 2.24) is 34.2 Å². The number of piperazine rings is 1. The van der Waals surface area contributed by atoms with Gasteiger partial charge in [-0.25, -0.2) is 9.97 Å². The highest BCUT2D eigenvalue weighted by Gasteiger charge is 2.46. The molecule has 2 fully saturated rings. The topological polar surface area (TPSA) is 172 Å². The Morgan fingerprint density at radius 2 is 1.65 bits per heavy atom. The number of amides is 5. The number of ether oxygens (including phenoxy) is 1. The number of aryl methyl sites for hydroxylation is 1. The van der Waals surface area contributed by atoms with Crippen molar-refractivity contribution in [3.63, 3.8) is 0 Å². The smallest absolute Gasteiger partial charge is 0.279 e. The van der Waals surface area contributed by atoms with Gasteiger partial charge >= 0.3 is 0 Å². The molecule has 18 heteroatoms. The number of benzene rings is 2. The van der Waals surface area contributed by atoms with E-state index < -0.39 is 29.5 Å². The summed E-state index contributed by atoms with van der Waals surface area (Å²) in [6.45, 7) is 6.04. The van der Waals surface area contributed by atoms with Gasteiger partial charge in [0.05, 0.1) is 29.0 Å². The quantitative estimate of drug-likeness (QED) is 0.209. The summed E-state index contributed by atoms with van der Waals surface area (Å²) >= 11 is 12.7. The maximum absolute atomic E-state index is 14.6. The molecule has 2 saturated heterocycles. The van der Waals surface area contributed by atoms with Crippen molar-refractivity contribution >= 4 is 64.1 Å².